The molecule has 0 radical (unpaired) electrons. The van der Waals surface area contributed by atoms with Gasteiger partial charge in [0.25, 0.3) is 5.91 Å². The van der Waals surface area contributed by atoms with Crippen LogP contribution < -0.4 is 11.1 Å². The van der Waals surface area contributed by atoms with Gasteiger partial charge in [0.2, 0.25) is 0 Å². The van der Waals surface area contributed by atoms with E-state index in [1.54, 1.807) is 31.3 Å². The van der Waals surface area contributed by atoms with E-state index >= 15 is 0 Å². The molecule has 0 aromatic heterocycles. The molecule has 4 heteroatoms. The topological polar surface area (TPSA) is 55.1 Å². The van der Waals surface area contributed by atoms with Gasteiger partial charge >= 0.3 is 0 Å². The molecule has 18 heavy (non-hydrogen) atoms. The second kappa shape index (κ2) is 4.87. The number of amides is 1. The zero-order valence-electron chi connectivity index (χ0n) is 9.91. The van der Waals surface area contributed by atoms with E-state index in [0.717, 1.165) is 5.56 Å². The van der Waals surface area contributed by atoms with Crippen molar-refractivity contribution in [2.45, 2.75) is 0 Å². The van der Waals surface area contributed by atoms with Gasteiger partial charge in [-0.2, -0.15) is 0 Å². The van der Waals surface area contributed by atoms with Crippen LogP contribution in [0, 0.1) is 5.82 Å². The lowest BCUT2D eigenvalue weighted by Gasteiger charge is -2.09. The van der Waals surface area contributed by atoms with Crippen LogP contribution in [0.5, 0.6) is 0 Å². The molecule has 0 saturated carbocycles. The fraction of sp³-hybridized carbons (Fsp3) is 0.0714. The maximum absolute atomic E-state index is 13.1. The SMILES string of the molecule is CNC(=O)c1ccccc1-c1ccc(F)c(N)c1. The van der Waals surface area contributed by atoms with Crippen molar-refractivity contribution in [3.63, 3.8) is 0 Å². The molecule has 2 aromatic carbocycles. The summed E-state index contributed by atoms with van der Waals surface area (Å²) < 4.78 is 13.1. The van der Waals surface area contributed by atoms with E-state index in [9.17, 15) is 9.18 Å². The van der Waals surface area contributed by atoms with Gasteiger partial charge in [0, 0.05) is 12.6 Å². The van der Waals surface area contributed by atoms with E-state index in [2.05, 4.69) is 5.32 Å². The molecule has 0 aliphatic rings. The van der Waals surface area contributed by atoms with Crippen LogP contribution in [0.1, 0.15) is 10.4 Å². The number of hydrogen-bond acceptors (Lipinski definition) is 2. The van der Waals surface area contributed by atoms with Crippen LogP contribution in [0.3, 0.4) is 0 Å². The molecular formula is C14H13FN2O. The minimum atomic E-state index is -0.462. The van der Waals surface area contributed by atoms with Crippen molar-refractivity contribution in [1.82, 2.24) is 5.32 Å². The summed E-state index contributed by atoms with van der Waals surface area (Å²) in [7, 11) is 1.57. The summed E-state index contributed by atoms with van der Waals surface area (Å²) in [6.07, 6.45) is 0. The second-order valence-electron chi connectivity index (χ2n) is 3.86. The minimum Gasteiger partial charge on any atom is -0.396 e. The third-order valence-electron chi connectivity index (χ3n) is 2.71. The van der Waals surface area contributed by atoms with Crippen molar-refractivity contribution in [3.05, 3.63) is 53.8 Å². The van der Waals surface area contributed by atoms with Gasteiger partial charge in [-0.15, -0.1) is 0 Å². The van der Waals surface area contributed by atoms with E-state index in [1.165, 1.54) is 12.1 Å². The number of anilines is 1. The number of nitrogens with one attached hydrogen (secondary N) is 1. The lowest BCUT2D eigenvalue weighted by atomic mass is 9.99. The van der Waals surface area contributed by atoms with Gasteiger partial charge in [-0.3, -0.25) is 4.79 Å². The summed E-state index contributed by atoms with van der Waals surface area (Å²) in [6.45, 7) is 0. The van der Waals surface area contributed by atoms with Crippen molar-refractivity contribution < 1.29 is 9.18 Å². The highest BCUT2D eigenvalue weighted by molar-refractivity contribution is 6.00. The van der Waals surface area contributed by atoms with Crippen LogP contribution in [0.4, 0.5) is 10.1 Å². The Morgan fingerprint density at radius 1 is 1.22 bits per heavy atom. The predicted molar refractivity (Wildman–Crippen MR) is 69.6 cm³/mol. The lowest BCUT2D eigenvalue weighted by molar-refractivity contribution is 0.0963. The molecule has 0 fully saturated rings. The summed E-state index contributed by atoms with van der Waals surface area (Å²) >= 11 is 0. The highest BCUT2D eigenvalue weighted by Crippen LogP contribution is 2.26. The van der Waals surface area contributed by atoms with Gasteiger partial charge in [-0.25, -0.2) is 4.39 Å². The van der Waals surface area contributed by atoms with Gasteiger partial charge in [-0.1, -0.05) is 24.3 Å². The summed E-state index contributed by atoms with van der Waals surface area (Å²) in [5, 5.41) is 2.57. The van der Waals surface area contributed by atoms with E-state index in [0.29, 0.717) is 11.1 Å². The van der Waals surface area contributed by atoms with Crippen LogP contribution in [0.15, 0.2) is 42.5 Å². The molecule has 3 N–H and O–H groups in total. The molecule has 3 nitrogen and oxygen atoms in total. The number of carbonyl (C=O) groups is 1. The smallest absolute Gasteiger partial charge is 0.251 e. The number of benzene rings is 2. The first-order chi connectivity index (χ1) is 8.63. The number of hydrogen-bond donors (Lipinski definition) is 2. The second-order valence-corrected chi connectivity index (χ2v) is 3.86. The lowest BCUT2D eigenvalue weighted by Crippen LogP contribution is -2.18. The van der Waals surface area contributed by atoms with Crippen molar-refractivity contribution in [2.24, 2.45) is 0 Å². The molecule has 2 aromatic rings. The standard InChI is InChI=1S/C14H13FN2O/c1-17-14(18)11-5-3-2-4-10(11)9-6-7-12(15)13(16)8-9/h2-8H,16H2,1H3,(H,17,18). The molecule has 1 amide bonds. The van der Waals surface area contributed by atoms with Gasteiger partial charge in [0.1, 0.15) is 5.82 Å². The number of nitrogens with two attached hydrogens (primary N) is 1. The fourth-order valence-corrected chi connectivity index (χ4v) is 1.78. The Balaban J connectivity index is 2.56. The number of rotatable bonds is 2. The highest BCUT2D eigenvalue weighted by Gasteiger charge is 2.11. The van der Waals surface area contributed by atoms with Gasteiger partial charge in [0.15, 0.2) is 0 Å². The Morgan fingerprint density at radius 3 is 2.61 bits per heavy atom. The van der Waals surface area contributed by atoms with Crippen LogP contribution in [-0.2, 0) is 0 Å². The average Bonchev–Trinajstić information content (AvgIpc) is 2.41. The normalized spacial score (nSPS) is 10.1. The van der Waals surface area contributed by atoms with E-state index < -0.39 is 5.82 Å². The molecule has 92 valence electrons. The van der Waals surface area contributed by atoms with Crippen LogP contribution >= 0.6 is 0 Å². The monoisotopic (exact) mass is 244 g/mol. The Kier molecular flexibility index (Phi) is 3.28. The molecule has 0 spiro atoms. The predicted octanol–water partition coefficient (Wildman–Crippen LogP) is 2.43. The van der Waals surface area contributed by atoms with Crippen LogP contribution in [0.2, 0.25) is 0 Å². The van der Waals surface area contributed by atoms with E-state index in [-0.39, 0.29) is 11.6 Å². The van der Waals surface area contributed by atoms with Gasteiger partial charge < -0.3 is 11.1 Å². The summed E-state index contributed by atoms with van der Waals surface area (Å²) in [5.74, 6) is -0.648. The molecule has 0 atom stereocenters. The Bertz CT molecular complexity index is 596. The average molecular weight is 244 g/mol. The maximum Gasteiger partial charge on any atom is 0.251 e. The first-order valence-electron chi connectivity index (χ1n) is 5.50. The van der Waals surface area contributed by atoms with Gasteiger partial charge in [0.05, 0.1) is 5.69 Å². The van der Waals surface area contributed by atoms with Crippen molar-refractivity contribution in [2.75, 3.05) is 12.8 Å². The summed E-state index contributed by atoms with van der Waals surface area (Å²) in [4.78, 5) is 11.7. The molecular weight excluding hydrogens is 231 g/mol. The maximum atomic E-state index is 13.1. The van der Waals surface area contributed by atoms with E-state index in [4.69, 9.17) is 5.73 Å². The number of carbonyl (C=O) groups excluding carboxylic acids is 1. The molecule has 0 aliphatic carbocycles. The first-order valence-corrected chi connectivity index (χ1v) is 5.50. The first kappa shape index (κ1) is 12.1. The Morgan fingerprint density at radius 2 is 1.94 bits per heavy atom. The Hall–Kier alpha value is -2.36. The molecule has 0 unspecified atom stereocenters. The molecule has 0 aliphatic heterocycles. The number of nitrogen functional groups attached to an aromatic ring is 1. The van der Waals surface area contributed by atoms with E-state index in [1.807, 2.05) is 6.07 Å². The third kappa shape index (κ3) is 2.18. The van der Waals surface area contributed by atoms with Gasteiger partial charge in [-0.05, 0) is 29.3 Å². The van der Waals surface area contributed by atoms with Crippen molar-refractivity contribution >= 4 is 11.6 Å². The minimum absolute atomic E-state index is 0.0687. The zero-order chi connectivity index (χ0) is 13.1. The largest absolute Gasteiger partial charge is 0.396 e. The number of halogens is 1. The molecule has 0 saturated heterocycles. The molecule has 0 bridgehead atoms. The summed E-state index contributed by atoms with van der Waals surface area (Å²) in [5.41, 5.74) is 7.58. The van der Waals surface area contributed by atoms with Crippen molar-refractivity contribution in [1.29, 1.82) is 0 Å². The molecule has 2 rings (SSSR count). The molecule has 0 heterocycles. The fourth-order valence-electron chi connectivity index (χ4n) is 1.78. The van der Waals surface area contributed by atoms with Crippen LogP contribution in [0.25, 0.3) is 11.1 Å². The van der Waals surface area contributed by atoms with Crippen LogP contribution in [-0.4, -0.2) is 13.0 Å². The zero-order valence-corrected chi connectivity index (χ0v) is 9.91. The highest BCUT2D eigenvalue weighted by atomic mass is 19.1. The van der Waals surface area contributed by atoms with Crippen molar-refractivity contribution in [3.8, 4) is 11.1 Å². The summed E-state index contributed by atoms with van der Waals surface area (Å²) in [6, 6.07) is 11.5. The quantitative estimate of drug-likeness (QED) is 0.797. The Labute approximate surface area is 104 Å². The third-order valence-corrected chi connectivity index (χ3v) is 2.71.